The molecule has 3 heterocycles. The van der Waals surface area contributed by atoms with E-state index in [9.17, 15) is 0 Å². The maximum Gasteiger partial charge on any atom is 0.173 e. The van der Waals surface area contributed by atoms with E-state index in [-0.39, 0.29) is 0 Å². The van der Waals surface area contributed by atoms with Crippen LogP contribution >= 0.6 is 12.8 Å². The molecule has 0 atom stereocenters. The Hall–Kier alpha value is -1.14. The summed E-state index contributed by atoms with van der Waals surface area (Å²) in [5.41, 5.74) is 1.50. The number of rotatable bonds is 0. The number of fused-ring (bicyclic) bond motifs is 1. The molecule has 3 rings (SSSR count). The smallest absolute Gasteiger partial charge is 0.173 e. The van der Waals surface area contributed by atoms with E-state index in [2.05, 4.69) is 27.8 Å². The zero-order valence-corrected chi connectivity index (χ0v) is 9.10. The number of hydrogen-bond donors (Lipinski definition) is 1. The Kier molecular flexibility index (Phi) is 3.52. The molecule has 0 unspecified atom stereocenters. The molecule has 1 aliphatic heterocycles. The molecule has 80 valence electrons. The average Bonchev–Trinajstić information content (AvgIpc) is 2.92. The van der Waals surface area contributed by atoms with Crippen molar-refractivity contribution in [3.63, 3.8) is 0 Å². The lowest BCUT2D eigenvalue weighted by Crippen LogP contribution is -1.81. The molecule has 1 aliphatic rings. The first-order valence-corrected chi connectivity index (χ1v) is 5.18. The van der Waals surface area contributed by atoms with E-state index in [0.29, 0.717) is 0 Å². The van der Waals surface area contributed by atoms with E-state index in [1.165, 1.54) is 19.2 Å². The molecule has 0 aliphatic carbocycles. The van der Waals surface area contributed by atoms with Gasteiger partial charge in [0.05, 0.1) is 6.20 Å². The van der Waals surface area contributed by atoms with Gasteiger partial charge in [-0.15, -0.1) is 0 Å². The minimum absolute atomic E-state index is 0.735. The van der Waals surface area contributed by atoms with Gasteiger partial charge in [-0.3, -0.25) is 3.97 Å². The molecule has 1 fully saturated rings. The van der Waals surface area contributed by atoms with Crippen LogP contribution in [0.15, 0.2) is 18.9 Å². The van der Waals surface area contributed by atoms with Gasteiger partial charge in [0, 0.05) is 13.2 Å². The second-order valence-electron chi connectivity index (χ2n) is 3.14. The van der Waals surface area contributed by atoms with Gasteiger partial charge in [0.15, 0.2) is 5.65 Å². The molecule has 0 radical (unpaired) electrons. The summed E-state index contributed by atoms with van der Waals surface area (Å²) in [6, 6.07) is 0. The summed E-state index contributed by atoms with van der Waals surface area (Å²) in [5, 5.41) is 0. The minimum atomic E-state index is 0.735. The van der Waals surface area contributed by atoms with Gasteiger partial charge in [0.1, 0.15) is 18.2 Å². The predicted molar refractivity (Wildman–Crippen MR) is 59.8 cm³/mol. The van der Waals surface area contributed by atoms with Gasteiger partial charge in [-0.1, -0.05) is 12.8 Å². The van der Waals surface area contributed by atoms with Crippen molar-refractivity contribution < 1.29 is 4.74 Å². The van der Waals surface area contributed by atoms with Crippen LogP contribution < -0.4 is 0 Å². The van der Waals surface area contributed by atoms with Crippen molar-refractivity contribution >= 4 is 24.0 Å². The SMILES string of the molecule is C1CCOC1.Sn1cnc2cncnc21. The second kappa shape index (κ2) is 5.09. The van der Waals surface area contributed by atoms with Crippen molar-refractivity contribution in [2.45, 2.75) is 12.8 Å². The van der Waals surface area contributed by atoms with Crippen LogP contribution in [0, 0.1) is 0 Å². The standard InChI is InChI=1S/C5H4N4S.C4H8O/c10-9-3-8-4-1-6-2-7-5(4)9;1-2-4-5-3-1/h1-3,10H;1-4H2. The van der Waals surface area contributed by atoms with E-state index in [0.717, 1.165) is 24.4 Å². The van der Waals surface area contributed by atoms with Gasteiger partial charge >= 0.3 is 0 Å². The van der Waals surface area contributed by atoms with Gasteiger partial charge < -0.3 is 4.74 Å². The zero-order chi connectivity index (χ0) is 10.5. The highest BCUT2D eigenvalue weighted by Crippen LogP contribution is 2.06. The Labute approximate surface area is 93.1 Å². The maximum absolute atomic E-state index is 4.94. The molecule has 5 nitrogen and oxygen atoms in total. The van der Waals surface area contributed by atoms with Crippen molar-refractivity contribution in [3.8, 4) is 0 Å². The Morgan fingerprint density at radius 3 is 2.67 bits per heavy atom. The normalized spacial score (nSPS) is 15.0. The first-order chi connectivity index (χ1) is 7.38. The van der Waals surface area contributed by atoms with Crippen LogP contribution in [0.2, 0.25) is 0 Å². The Morgan fingerprint density at radius 2 is 2.07 bits per heavy atom. The lowest BCUT2D eigenvalue weighted by molar-refractivity contribution is 0.198. The first-order valence-electron chi connectivity index (χ1n) is 4.78. The first kappa shape index (κ1) is 10.4. The van der Waals surface area contributed by atoms with Gasteiger partial charge in [-0.2, -0.15) is 0 Å². The summed E-state index contributed by atoms with van der Waals surface area (Å²) in [4.78, 5) is 11.7. The van der Waals surface area contributed by atoms with Crippen LogP contribution in [0.3, 0.4) is 0 Å². The number of imidazole rings is 1. The summed E-state index contributed by atoms with van der Waals surface area (Å²) >= 11 is 4.07. The van der Waals surface area contributed by atoms with Gasteiger partial charge in [0.25, 0.3) is 0 Å². The lowest BCUT2D eigenvalue weighted by Gasteiger charge is -1.87. The topological polar surface area (TPSA) is 52.8 Å². The quantitative estimate of drug-likeness (QED) is 0.686. The highest BCUT2D eigenvalue weighted by atomic mass is 32.1. The highest BCUT2D eigenvalue weighted by Gasteiger charge is 1.97. The molecule has 0 N–H and O–H groups in total. The molecule has 0 amide bonds. The van der Waals surface area contributed by atoms with Crippen molar-refractivity contribution in [1.29, 1.82) is 0 Å². The molecule has 0 saturated carbocycles. The van der Waals surface area contributed by atoms with E-state index in [4.69, 9.17) is 4.74 Å². The van der Waals surface area contributed by atoms with Crippen molar-refractivity contribution in [2.75, 3.05) is 13.2 Å². The predicted octanol–water partition coefficient (Wildman–Crippen LogP) is 1.32. The Morgan fingerprint density at radius 1 is 1.27 bits per heavy atom. The number of ether oxygens (including phenoxy) is 1. The molecule has 2 aromatic rings. The summed E-state index contributed by atoms with van der Waals surface area (Å²) in [7, 11) is 0. The van der Waals surface area contributed by atoms with Gasteiger partial charge in [-0.25, -0.2) is 15.0 Å². The molecule has 6 heteroatoms. The molecule has 15 heavy (non-hydrogen) atoms. The molecule has 0 aromatic carbocycles. The maximum atomic E-state index is 4.94. The molecule has 2 aromatic heterocycles. The largest absolute Gasteiger partial charge is 0.381 e. The number of thiol groups is 1. The summed E-state index contributed by atoms with van der Waals surface area (Å²) in [5.74, 6) is 0. The summed E-state index contributed by atoms with van der Waals surface area (Å²) < 4.78 is 6.50. The fourth-order valence-corrected chi connectivity index (χ4v) is 1.47. The monoisotopic (exact) mass is 224 g/mol. The third-order valence-corrected chi connectivity index (χ3v) is 2.32. The minimum Gasteiger partial charge on any atom is -0.381 e. The van der Waals surface area contributed by atoms with Crippen LogP contribution in [-0.4, -0.2) is 32.1 Å². The third-order valence-electron chi connectivity index (χ3n) is 2.02. The number of nitrogens with zero attached hydrogens (tertiary/aromatic N) is 4. The molecular weight excluding hydrogens is 212 g/mol. The molecular formula is C9H12N4OS. The second-order valence-corrected chi connectivity index (χ2v) is 3.57. The average molecular weight is 224 g/mol. The van der Waals surface area contributed by atoms with Crippen molar-refractivity contribution in [2.24, 2.45) is 0 Å². The van der Waals surface area contributed by atoms with E-state index < -0.39 is 0 Å². The van der Waals surface area contributed by atoms with Crippen molar-refractivity contribution in [3.05, 3.63) is 18.9 Å². The van der Waals surface area contributed by atoms with Crippen LogP contribution in [0.1, 0.15) is 12.8 Å². The Bertz CT molecular complexity index is 419. The van der Waals surface area contributed by atoms with Crippen LogP contribution in [0.4, 0.5) is 0 Å². The highest BCUT2D eigenvalue weighted by molar-refractivity contribution is 7.78. The Balaban J connectivity index is 0.000000144. The zero-order valence-electron chi connectivity index (χ0n) is 8.20. The van der Waals surface area contributed by atoms with E-state index in [1.54, 1.807) is 16.5 Å². The van der Waals surface area contributed by atoms with Crippen molar-refractivity contribution in [1.82, 2.24) is 18.9 Å². The van der Waals surface area contributed by atoms with Crippen LogP contribution in [0.25, 0.3) is 11.2 Å². The number of hydrogen-bond acceptors (Lipinski definition) is 5. The summed E-state index contributed by atoms with van der Waals surface area (Å²) in [6.07, 6.45) is 7.26. The van der Waals surface area contributed by atoms with Gasteiger partial charge in [-0.05, 0) is 12.8 Å². The van der Waals surface area contributed by atoms with E-state index >= 15 is 0 Å². The van der Waals surface area contributed by atoms with Crippen LogP contribution in [-0.2, 0) is 4.74 Å². The van der Waals surface area contributed by atoms with Gasteiger partial charge in [0.2, 0.25) is 0 Å². The third kappa shape index (κ3) is 2.66. The molecule has 0 bridgehead atoms. The van der Waals surface area contributed by atoms with E-state index in [1.807, 2.05) is 0 Å². The summed E-state index contributed by atoms with van der Waals surface area (Å²) in [6.45, 7) is 2.00. The fraction of sp³-hybridized carbons (Fsp3) is 0.444. The lowest BCUT2D eigenvalue weighted by atomic mass is 10.4. The fourth-order valence-electron chi connectivity index (χ4n) is 1.27. The molecule has 1 saturated heterocycles. The van der Waals surface area contributed by atoms with Crippen LogP contribution in [0.5, 0.6) is 0 Å². The number of aromatic nitrogens is 4. The molecule has 0 spiro atoms.